The second kappa shape index (κ2) is 5.42. The summed E-state index contributed by atoms with van der Waals surface area (Å²) in [5.74, 6) is -0.420. The van der Waals surface area contributed by atoms with E-state index in [9.17, 15) is 19.6 Å². The van der Waals surface area contributed by atoms with Gasteiger partial charge in [0.1, 0.15) is 11.5 Å². The number of hydrogen-bond acceptors (Lipinski definition) is 4. The summed E-state index contributed by atoms with van der Waals surface area (Å²) in [6.45, 7) is 2.53. The zero-order valence-corrected chi connectivity index (χ0v) is 11.9. The lowest BCUT2D eigenvalue weighted by Gasteiger charge is -2.27. The molecule has 1 aromatic carbocycles. The fraction of sp³-hybridized carbons (Fsp3) is 0.500. The molecule has 5 nitrogen and oxygen atoms in total. The van der Waals surface area contributed by atoms with Crippen molar-refractivity contribution in [1.29, 1.82) is 0 Å². The Bertz CT molecular complexity index is 512. The van der Waals surface area contributed by atoms with Crippen LogP contribution in [0.2, 0.25) is 0 Å². The SMILES string of the molecule is CC1CCN(c2cc(Br)c(F)cc2[N+](=O)[O-])C1CO. The van der Waals surface area contributed by atoms with Crippen molar-refractivity contribution in [1.82, 2.24) is 0 Å². The lowest BCUT2D eigenvalue weighted by atomic mass is 10.0. The second-order valence-corrected chi connectivity index (χ2v) is 5.58. The summed E-state index contributed by atoms with van der Waals surface area (Å²) in [7, 11) is 0. The van der Waals surface area contributed by atoms with Crippen LogP contribution in [0.1, 0.15) is 13.3 Å². The minimum Gasteiger partial charge on any atom is -0.394 e. The number of anilines is 1. The molecular formula is C12H14BrFN2O3. The Hall–Kier alpha value is -1.21. The van der Waals surface area contributed by atoms with Crippen LogP contribution in [0.5, 0.6) is 0 Å². The van der Waals surface area contributed by atoms with Crippen molar-refractivity contribution in [3.63, 3.8) is 0 Å². The third-order valence-corrected chi connectivity index (χ3v) is 4.20. The van der Waals surface area contributed by atoms with E-state index in [1.807, 2.05) is 6.92 Å². The topological polar surface area (TPSA) is 66.6 Å². The molecule has 104 valence electrons. The van der Waals surface area contributed by atoms with Gasteiger partial charge in [0.25, 0.3) is 5.69 Å². The van der Waals surface area contributed by atoms with Gasteiger partial charge in [-0.15, -0.1) is 0 Å². The molecule has 0 aromatic heterocycles. The highest BCUT2D eigenvalue weighted by atomic mass is 79.9. The van der Waals surface area contributed by atoms with Gasteiger partial charge >= 0.3 is 0 Å². The first-order valence-corrected chi connectivity index (χ1v) is 6.76. The predicted octanol–water partition coefficient (Wildman–Crippen LogP) is 2.70. The van der Waals surface area contributed by atoms with Crippen LogP contribution in [0, 0.1) is 21.8 Å². The first kappa shape index (κ1) is 14.2. The summed E-state index contributed by atoms with van der Waals surface area (Å²) in [5, 5.41) is 20.5. The summed E-state index contributed by atoms with van der Waals surface area (Å²) >= 11 is 3.05. The van der Waals surface area contributed by atoms with Gasteiger partial charge in [-0.05, 0) is 34.3 Å². The monoisotopic (exact) mass is 332 g/mol. The molecule has 2 unspecified atom stereocenters. The number of hydrogen-bond donors (Lipinski definition) is 1. The number of aliphatic hydroxyl groups excluding tert-OH is 1. The van der Waals surface area contributed by atoms with E-state index in [1.54, 1.807) is 4.90 Å². The predicted molar refractivity (Wildman–Crippen MR) is 72.8 cm³/mol. The van der Waals surface area contributed by atoms with Gasteiger partial charge in [0, 0.05) is 6.54 Å². The van der Waals surface area contributed by atoms with Crippen LogP contribution in [-0.2, 0) is 0 Å². The smallest absolute Gasteiger partial charge is 0.295 e. The highest BCUT2D eigenvalue weighted by Gasteiger charge is 2.34. The molecule has 1 aromatic rings. The van der Waals surface area contributed by atoms with Crippen molar-refractivity contribution in [2.75, 3.05) is 18.1 Å². The largest absolute Gasteiger partial charge is 0.394 e. The number of rotatable bonds is 3. The average molecular weight is 333 g/mol. The average Bonchev–Trinajstić information content (AvgIpc) is 2.72. The maximum atomic E-state index is 13.4. The van der Waals surface area contributed by atoms with Gasteiger partial charge in [-0.25, -0.2) is 4.39 Å². The van der Waals surface area contributed by atoms with Gasteiger partial charge in [-0.3, -0.25) is 10.1 Å². The molecule has 0 saturated carbocycles. The fourth-order valence-electron chi connectivity index (χ4n) is 2.49. The third-order valence-electron chi connectivity index (χ3n) is 3.59. The molecule has 0 spiro atoms. The van der Waals surface area contributed by atoms with Crippen molar-refractivity contribution >= 4 is 27.3 Å². The van der Waals surface area contributed by atoms with Crippen molar-refractivity contribution in [2.45, 2.75) is 19.4 Å². The highest BCUT2D eigenvalue weighted by Crippen LogP contribution is 2.38. The van der Waals surface area contributed by atoms with E-state index in [1.165, 1.54) is 6.07 Å². The number of nitrogens with zero attached hydrogens (tertiary/aromatic N) is 2. The number of benzene rings is 1. The van der Waals surface area contributed by atoms with E-state index >= 15 is 0 Å². The van der Waals surface area contributed by atoms with E-state index in [4.69, 9.17) is 0 Å². The van der Waals surface area contributed by atoms with Crippen molar-refractivity contribution < 1.29 is 14.4 Å². The van der Waals surface area contributed by atoms with Gasteiger partial charge in [0.2, 0.25) is 0 Å². The fourth-order valence-corrected chi connectivity index (χ4v) is 2.82. The van der Waals surface area contributed by atoms with Crippen LogP contribution in [0.25, 0.3) is 0 Å². The Kier molecular flexibility index (Phi) is 4.05. The lowest BCUT2D eigenvalue weighted by Crippen LogP contribution is -2.35. The summed E-state index contributed by atoms with van der Waals surface area (Å²) in [6, 6.07) is 2.15. The number of nitro benzene ring substituents is 1. The molecule has 0 radical (unpaired) electrons. The van der Waals surface area contributed by atoms with Crippen molar-refractivity contribution in [3.8, 4) is 0 Å². The van der Waals surface area contributed by atoms with Crippen LogP contribution in [0.3, 0.4) is 0 Å². The van der Waals surface area contributed by atoms with Crippen LogP contribution < -0.4 is 4.90 Å². The van der Waals surface area contributed by atoms with Crippen molar-refractivity contribution in [3.05, 3.63) is 32.5 Å². The lowest BCUT2D eigenvalue weighted by molar-refractivity contribution is -0.384. The molecule has 2 atom stereocenters. The molecule has 7 heteroatoms. The number of nitro groups is 1. The molecule has 2 rings (SSSR count). The Morgan fingerprint density at radius 1 is 1.63 bits per heavy atom. The Labute approximate surface area is 118 Å². The summed E-state index contributed by atoms with van der Waals surface area (Å²) in [6.07, 6.45) is 0.845. The minimum atomic E-state index is -0.664. The standard InChI is InChI=1S/C12H14BrFN2O3/c1-7-2-3-15(12(7)6-17)10-4-8(13)9(14)5-11(10)16(18)19/h4-5,7,12,17H,2-3,6H2,1H3. The summed E-state index contributed by atoms with van der Waals surface area (Å²) in [4.78, 5) is 12.2. The number of aliphatic hydroxyl groups is 1. The zero-order valence-electron chi connectivity index (χ0n) is 10.3. The van der Waals surface area contributed by atoms with Crippen LogP contribution in [0.15, 0.2) is 16.6 Å². The van der Waals surface area contributed by atoms with E-state index in [2.05, 4.69) is 15.9 Å². The molecule has 1 fully saturated rings. The van der Waals surface area contributed by atoms with Gasteiger partial charge < -0.3 is 10.0 Å². The first-order valence-electron chi connectivity index (χ1n) is 5.96. The van der Waals surface area contributed by atoms with E-state index in [0.29, 0.717) is 12.2 Å². The maximum absolute atomic E-state index is 13.4. The quantitative estimate of drug-likeness (QED) is 0.682. The second-order valence-electron chi connectivity index (χ2n) is 4.72. The molecular weight excluding hydrogens is 319 g/mol. The number of halogens is 2. The molecule has 0 amide bonds. The highest BCUT2D eigenvalue weighted by molar-refractivity contribution is 9.10. The normalized spacial score (nSPS) is 22.8. The molecule has 1 heterocycles. The van der Waals surface area contributed by atoms with E-state index < -0.39 is 10.7 Å². The first-order chi connectivity index (χ1) is 8.95. The van der Waals surface area contributed by atoms with E-state index in [-0.39, 0.29) is 28.7 Å². The molecule has 1 aliphatic heterocycles. The van der Waals surface area contributed by atoms with Crippen LogP contribution in [-0.4, -0.2) is 29.2 Å². The Morgan fingerprint density at radius 3 is 2.89 bits per heavy atom. The van der Waals surface area contributed by atoms with Crippen LogP contribution in [0.4, 0.5) is 15.8 Å². The third kappa shape index (κ3) is 2.57. The molecule has 19 heavy (non-hydrogen) atoms. The molecule has 1 N–H and O–H groups in total. The molecule has 1 aliphatic rings. The molecule has 0 aliphatic carbocycles. The zero-order chi connectivity index (χ0) is 14.2. The van der Waals surface area contributed by atoms with Crippen molar-refractivity contribution in [2.24, 2.45) is 5.92 Å². The van der Waals surface area contributed by atoms with E-state index in [0.717, 1.165) is 12.5 Å². The van der Waals surface area contributed by atoms with Gasteiger partial charge in [0.05, 0.1) is 28.1 Å². The summed E-state index contributed by atoms with van der Waals surface area (Å²) in [5.41, 5.74) is 0.0786. The maximum Gasteiger partial charge on any atom is 0.295 e. The van der Waals surface area contributed by atoms with Gasteiger partial charge in [0.15, 0.2) is 0 Å². The Balaban J connectivity index is 2.49. The summed E-state index contributed by atoms with van der Waals surface area (Å²) < 4.78 is 13.6. The van der Waals surface area contributed by atoms with Gasteiger partial charge in [-0.1, -0.05) is 6.92 Å². The molecule has 0 bridgehead atoms. The minimum absolute atomic E-state index is 0.0761. The Morgan fingerprint density at radius 2 is 2.32 bits per heavy atom. The van der Waals surface area contributed by atoms with Gasteiger partial charge in [-0.2, -0.15) is 0 Å². The van der Waals surface area contributed by atoms with Crippen LogP contribution >= 0.6 is 15.9 Å². The molecule has 1 saturated heterocycles.